The zero-order valence-corrected chi connectivity index (χ0v) is 9.99. The van der Waals surface area contributed by atoms with Crippen LogP contribution in [0.2, 0.25) is 0 Å². The van der Waals surface area contributed by atoms with Gasteiger partial charge in [-0.3, -0.25) is 4.79 Å². The van der Waals surface area contributed by atoms with Crippen molar-refractivity contribution in [2.75, 3.05) is 34.0 Å². The van der Waals surface area contributed by atoms with Gasteiger partial charge in [-0.2, -0.15) is 0 Å². The average Bonchev–Trinajstić information content (AvgIpc) is 2.13. The molecule has 1 atom stereocenters. The van der Waals surface area contributed by atoms with Gasteiger partial charge in [0.25, 0.3) is 0 Å². The van der Waals surface area contributed by atoms with Crippen molar-refractivity contribution < 1.29 is 24.1 Å². The zero-order valence-electron chi connectivity index (χ0n) is 9.99. The molecule has 5 heteroatoms. The monoisotopic (exact) mass is 222 g/mol. The second kappa shape index (κ2) is 13.4. The molecule has 0 aliphatic carbocycles. The first-order chi connectivity index (χ1) is 7.04. The Kier molecular flexibility index (Phi) is 14.9. The molecule has 0 aromatic heterocycles. The molecule has 0 heterocycles. The van der Waals surface area contributed by atoms with Crippen LogP contribution in [0.1, 0.15) is 20.3 Å². The fourth-order valence-electron chi connectivity index (χ4n) is 0.660. The van der Waals surface area contributed by atoms with Crippen LogP contribution in [0.15, 0.2) is 0 Å². The Balaban J connectivity index is 0. The Hall–Kier alpha value is -0.650. The Bertz CT molecular complexity index is 136. The summed E-state index contributed by atoms with van der Waals surface area (Å²) in [6.45, 7) is 4.62. The second-order valence-electron chi connectivity index (χ2n) is 2.99. The first kappa shape index (κ1) is 16.8. The molecule has 1 unspecified atom stereocenters. The first-order valence-electron chi connectivity index (χ1n) is 4.83. The van der Waals surface area contributed by atoms with E-state index in [0.29, 0.717) is 19.8 Å². The summed E-state index contributed by atoms with van der Waals surface area (Å²) in [6, 6.07) is 0. The summed E-state index contributed by atoms with van der Waals surface area (Å²) in [5.41, 5.74) is 0. The van der Waals surface area contributed by atoms with Gasteiger partial charge in [0.1, 0.15) is 0 Å². The van der Waals surface area contributed by atoms with Crippen LogP contribution in [0.3, 0.4) is 0 Å². The molecule has 0 aromatic carbocycles. The summed E-state index contributed by atoms with van der Waals surface area (Å²) < 4.78 is 13.9. The third kappa shape index (κ3) is 24.7. The molecule has 0 saturated heterocycles. The molecule has 1 N–H and O–H groups in total. The fraction of sp³-hybridized carbons (Fsp3) is 0.900. The van der Waals surface area contributed by atoms with E-state index in [2.05, 4.69) is 9.47 Å². The lowest BCUT2D eigenvalue weighted by molar-refractivity contribution is -0.141. The van der Waals surface area contributed by atoms with E-state index in [4.69, 9.17) is 9.84 Å². The lowest BCUT2D eigenvalue weighted by atomic mass is 10.5. The van der Waals surface area contributed by atoms with Crippen molar-refractivity contribution in [1.29, 1.82) is 0 Å². The molecule has 15 heavy (non-hydrogen) atoms. The van der Waals surface area contributed by atoms with Gasteiger partial charge in [0.15, 0.2) is 0 Å². The minimum absolute atomic E-state index is 0.230. The summed E-state index contributed by atoms with van der Waals surface area (Å²) in [4.78, 5) is 10.1. The van der Waals surface area contributed by atoms with Gasteiger partial charge < -0.3 is 19.3 Å². The summed E-state index contributed by atoms with van der Waals surface area (Å²) in [7, 11) is 3.18. The molecule has 0 amide bonds. The number of aliphatic hydroxyl groups is 1. The Morgan fingerprint density at radius 2 is 1.87 bits per heavy atom. The van der Waals surface area contributed by atoms with E-state index in [0.717, 1.165) is 6.42 Å². The predicted octanol–water partition coefficient (Wildman–Crippen LogP) is 0.600. The number of hydrogen-bond donors (Lipinski definition) is 1. The van der Waals surface area contributed by atoms with Crippen LogP contribution in [0.4, 0.5) is 0 Å². The van der Waals surface area contributed by atoms with Crippen LogP contribution in [-0.4, -0.2) is 51.2 Å². The highest BCUT2D eigenvalue weighted by Gasteiger charge is 1.90. The van der Waals surface area contributed by atoms with Crippen molar-refractivity contribution in [3.8, 4) is 0 Å². The van der Waals surface area contributed by atoms with Gasteiger partial charge >= 0.3 is 5.97 Å². The normalized spacial score (nSPS) is 11.3. The summed E-state index contributed by atoms with van der Waals surface area (Å²) in [6.07, 6.45) is 0.450. The fourth-order valence-corrected chi connectivity index (χ4v) is 0.660. The van der Waals surface area contributed by atoms with Crippen LogP contribution >= 0.6 is 0 Å². The molecular weight excluding hydrogens is 200 g/mol. The van der Waals surface area contributed by atoms with Crippen LogP contribution < -0.4 is 0 Å². The number of methoxy groups -OCH3 is 2. The molecule has 0 spiro atoms. The molecule has 0 fully saturated rings. The van der Waals surface area contributed by atoms with Crippen LogP contribution in [0, 0.1) is 0 Å². The number of ether oxygens (including phenoxy) is 3. The van der Waals surface area contributed by atoms with Gasteiger partial charge in [-0.15, -0.1) is 0 Å². The Labute approximate surface area is 91.3 Å². The van der Waals surface area contributed by atoms with Gasteiger partial charge in [0.05, 0.1) is 19.3 Å². The Morgan fingerprint density at radius 3 is 2.13 bits per heavy atom. The number of aliphatic hydroxyl groups excluding tert-OH is 1. The van der Waals surface area contributed by atoms with Gasteiger partial charge in [-0.05, 0) is 6.92 Å². The molecular formula is C10H22O5. The molecule has 92 valence electrons. The molecule has 0 bridgehead atoms. The topological polar surface area (TPSA) is 65.0 Å². The maximum atomic E-state index is 10.1. The molecule has 0 aliphatic heterocycles. The van der Waals surface area contributed by atoms with Crippen LogP contribution in [0.25, 0.3) is 0 Å². The number of rotatable bonds is 6. The largest absolute Gasteiger partial charge is 0.466 e. The lowest BCUT2D eigenvalue weighted by Crippen LogP contribution is -2.07. The van der Waals surface area contributed by atoms with E-state index in [9.17, 15) is 4.79 Å². The second-order valence-corrected chi connectivity index (χ2v) is 2.99. The molecule has 0 saturated carbocycles. The number of carbonyl (C=O) groups excluding carboxylic acids is 1. The highest BCUT2D eigenvalue weighted by atomic mass is 16.5. The molecule has 0 aromatic rings. The minimum atomic E-state index is -0.324. The maximum Gasteiger partial charge on any atom is 0.302 e. The van der Waals surface area contributed by atoms with Crippen molar-refractivity contribution >= 4 is 5.97 Å². The number of esters is 1. The Morgan fingerprint density at radius 1 is 1.27 bits per heavy atom. The van der Waals surface area contributed by atoms with E-state index in [-0.39, 0.29) is 12.1 Å². The van der Waals surface area contributed by atoms with E-state index < -0.39 is 0 Å². The SMILES string of the molecule is COCC(C)O.COCCCOC(C)=O. The van der Waals surface area contributed by atoms with E-state index in [1.807, 2.05) is 0 Å². The first-order valence-corrected chi connectivity index (χ1v) is 4.83. The van der Waals surface area contributed by atoms with Gasteiger partial charge in [0.2, 0.25) is 0 Å². The molecule has 0 radical (unpaired) electrons. The predicted molar refractivity (Wildman–Crippen MR) is 56.7 cm³/mol. The van der Waals surface area contributed by atoms with Crippen LogP contribution in [-0.2, 0) is 19.0 Å². The maximum absolute atomic E-state index is 10.1. The summed E-state index contributed by atoms with van der Waals surface area (Å²) >= 11 is 0. The number of carbonyl (C=O) groups is 1. The third-order valence-electron chi connectivity index (χ3n) is 1.21. The lowest BCUT2D eigenvalue weighted by Gasteiger charge is -1.98. The minimum Gasteiger partial charge on any atom is -0.466 e. The van der Waals surface area contributed by atoms with Gasteiger partial charge in [-0.1, -0.05) is 0 Å². The van der Waals surface area contributed by atoms with Crippen LogP contribution in [0.5, 0.6) is 0 Å². The van der Waals surface area contributed by atoms with Crippen molar-refractivity contribution in [2.45, 2.75) is 26.4 Å². The van der Waals surface area contributed by atoms with E-state index in [1.54, 1.807) is 21.1 Å². The smallest absolute Gasteiger partial charge is 0.302 e. The highest BCUT2D eigenvalue weighted by molar-refractivity contribution is 5.65. The number of hydrogen-bond acceptors (Lipinski definition) is 5. The third-order valence-corrected chi connectivity index (χ3v) is 1.21. The molecule has 5 nitrogen and oxygen atoms in total. The van der Waals surface area contributed by atoms with Gasteiger partial charge in [-0.25, -0.2) is 0 Å². The highest BCUT2D eigenvalue weighted by Crippen LogP contribution is 1.82. The van der Waals surface area contributed by atoms with Crippen molar-refractivity contribution in [1.82, 2.24) is 0 Å². The summed E-state index contributed by atoms with van der Waals surface area (Å²) in [5.74, 6) is -0.230. The quantitative estimate of drug-likeness (QED) is 0.526. The van der Waals surface area contributed by atoms with Crippen molar-refractivity contribution in [3.63, 3.8) is 0 Å². The molecule has 0 aliphatic rings. The van der Waals surface area contributed by atoms with Crippen molar-refractivity contribution in [2.24, 2.45) is 0 Å². The van der Waals surface area contributed by atoms with Crippen molar-refractivity contribution in [3.05, 3.63) is 0 Å². The van der Waals surface area contributed by atoms with Gasteiger partial charge in [0, 0.05) is 34.2 Å². The summed E-state index contributed by atoms with van der Waals surface area (Å²) in [5, 5.41) is 8.43. The molecule has 0 rings (SSSR count). The van der Waals surface area contributed by atoms with E-state index >= 15 is 0 Å². The standard InChI is InChI=1S/C6H12O3.C4H10O2/c1-6(7)9-5-3-4-8-2;1-4(5)3-6-2/h3-5H2,1-2H3;4-5H,3H2,1-2H3. The average molecular weight is 222 g/mol. The van der Waals surface area contributed by atoms with E-state index in [1.165, 1.54) is 6.92 Å². The zero-order chi connectivity index (χ0) is 12.1.